The first-order chi connectivity index (χ1) is 7.36. The van der Waals surface area contributed by atoms with E-state index >= 15 is 0 Å². The van der Waals surface area contributed by atoms with Gasteiger partial charge >= 0.3 is 0 Å². The summed E-state index contributed by atoms with van der Waals surface area (Å²) < 4.78 is 0. The molecule has 0 bridgehead atoms. The Balaban J connectivity index is 2.08. The highest BCUT2D eigenvalue weighted by Crippen LogP contribution is 2.12. The summed E-state index contributed by atoms with van der Waals surface area (Å²) in [7, 11) is 0. The Morgan fingerprint density at radius 1 is 1.07 bits per heavy atom. The minimum Gasteiger partial charge on any atom is -0.386 e. The lowest BCUT2D eigenvalue weighted by molar-refractivity contribution is 0.171. The Labute approximate surface area is 86.8 Å². The van der Waals surface area contributed by atoms with Crippen molar-refractivity contribution in [3.63, 3.8) is 0 Å². The lowest BCUT2D eigenvalue weighted by Gasteiger charge is -2.07. The summed E-state index contributed by atoms with van der Waals surface area (Å²) in [5.41, 5.74) is 1.28. The van der Waals surface area contributed by atoms with Crippen molar-refractivity contribution in [2.75, 3.05) is 0 Å². The maximum Gasteiger partial charge on any atom is 0.103 e. The molecular weight excluding hydrogens is 192 g/mol. The zero-order valence-corrected chi connectivity index (χ0v) is 7.98. The third-order valence-electron chi connectivity index (χ3n) is 1.96. The van der Waals surface area contributed by atoms with Crippen LogP contribution in [-0.2, 0) is 6.42 Å². The second-order valence-electron chi connectivity index (χ2n) is 3.08. The average Bonchev–Trinajstić information content (AvgIpc) is 2.31. The van der Waals surface area contributed by atoms with Gasteiger partial charge in [-0.15, -0.1) is 0 Å². The molecule has 2 heterocycles. The second kappa shape index (κ2) is 4.56. The Kier molecular flexibility index (Phi) is 2.94. The van der Waals surface area contributed by atoms with Crippen molar-refractivity contribution < 1.29 is 5.11 Å². The summed E-state index contributed by atoms with van der Waals surface area (Å²) in [4.78, 5) is 0. The van der Waals surface area contributed by atoms with Crippen LogP contribution in [0.1, 0.15) is 17.5 Å². The van der Waals surface area contributed by atoms with Crippen LogP contribution in [0.3, 0.4) is 0 Å². The lowest BCUT2D eigenvalue weighted by atomic mass is 10.1. The van der Waals surface area contributed by atoms with E-state index < -0.39 is 6.10 Å². The maximum absolute atomic E-state index is 9.80. The molecule has 0 saturated heterocycles. The van der Waals surface area contributed by atoms with Crippen molar-refractivity contribution in [1.29, 1.82) is 0 Å². The van der Waals surface area contributed by atoms with Crippen molar-refractivity contribution in [3.05, 3.63) is 48.0 Å². The Morgan fingerprint density at radius 2 is 1.80 bits per heavy atom. The normalized spacial score (nSPS) is 12.3. The largest absolute Gasteiger partial charge is 0.386 e. The van der Waals surface area contributed by atoms with Gasteiger partial charge in [0.05, 0.1) is 11.4 Å². The van der Waals surface area contributed by atoms with E-state index in [0.717, 1.165) is 5.69 Å². The Morgan fingerprint density at radius 3 is 2.40 bits per heavy atom. The zero-order chi connectivity index (χ0) is 10.5. The smallest absolute Gasteiger partial charge is 0.103 e. The number of hydrogen-bond donors (Lipinski definition) is 1. The molecule has 0 aliphatic carbocycles. The van der Waals surface area contributed by atoms with Gasteiger partial charge < -0.3 is 5.11 Å². The molecule has 0 aliphatic heterocycles. The first-order valence-corrected chi connectivity index (χ1v) is 4.58. The predicted octanol–water partition coefficient (Wildman–Crippen LogP) is 0.543. The Bertz CT molecular complexity index is 406. The summed E-state index contributed by atoms with van der Waals surface area (Å²) in [6, 6.07) is 7.06. The molecule has 76 valence electrons. The molecule has 0 amide bonds. The molecule has 2 aromatic rings. The van der Waals surface area contributed by atoms with Gasteiger partial charge in [-0.3, -0.25) is 0 Å². The molecular formula is C10H10N4O. The molecule has 1 N–H and O–H groups in total. The minimum absolute atomic E-state index is 0.395. The van der Waals surface area contributed by atoms with E-state index in [1.807, 2.05) is 6.07 Å². The fourth-order valence-electron chi connectivity index (χ4n) is 1.24. The van der Waals surface area contributed by atoms with Crippen LogP contribution in [-0.4, -0.2) is 25.5 Å². The highest BCUT2D eigenvalue weighted by atomic mass is 16.3. The van der Waals surface area contributed by atoms with Gasteiger partial charge in [0.2, 0.25) is 0 Å². The van der Waals surface area contributed by atoms with Crippen LogP contribution in [0.2, 0.25) is 0 Å². The number of aromatic nitrogens is 4. The number of nitrogens with zero attached hydrogens (tertiary/aromatic N) is 4. The van der Waals surface area contributed by atoms with E-state index in [4.69, 9.17) is 0 Å². The maximum atomic E-state index is 9.80. The van der Waals surface area contributed by atoms with Gasteiger partial charge in [0.25, 0.3) is 0 Å². The lowest BCUT2D eigenvalue weighted by Crippen LogP contribution is -2.06. The molecule has 2 rings (SSSR count). The van der Waals surface area contributed by atoms with Crippen molar-refractivity contribution >= 4 is 0 Å². The van der Waals surface area contributed by atoms with Crippen LogP contribution in [0.25, 0.3) is 0 Å². The van der Waals surface area contributed by atoms with Crippen LogP contribution in [0.5, 0.6) is 0 Å². The van der Waals surface area contributed by atoms with Gasteiger partial charge in [-0.1, -0.05) is 0 Å². The van der Waals surface area contributed by atoms with E-state index in [2.05, 4.69) is 20.4 Å². The third-order valence-corrected chi connectivity index (χ3v) is 1.96. The highest BCUT2D eigenvalue weighted by molar-refractivity contribution is 5.08. The van der Waals surface area contributed by atoms with Crippen LogP contribution in [0.4, 0.5) is 0 Å². The van der Waals surface area contributed by atoms with Crippen molar-refractivity contribution in [1.82, 2.24) is 20.4 Å². The van der Waals surface area contributed by atoms with E-state index in [-0.39, 0.29) is 0 Å². The number of aliphatic hydroxyl groups is 1. The van der Waals surface area contributed by atoms with Gasteiger partial charge in [0.1, 0.15) is 6.10 Å². The fourth-order valence-corrected chi connectivity index (χ4v) is 1.24. The molecule has 2 aromatic heterocycles. The second-order valence-corrected chi connectivity index (χ2v) is 3.08. The molecule has 0 radical (unpaired) electrons. The highest BCUT2D eigenvalue weighted by Gasteiger charge is 2.10. The topological polar surface area (TPSA) is 71.8 Å². The minimum atomic E-state index is -0.685. The molecule has 0 aliphatic rings. The van der Waals surface area contributed by atoms with Crippen molar-refractivity contribution in [2.45, 2.75) is 12.5 Å². The predicted molar refractivity (Wildman–Crippen MR) is 52.7 cm³/mol. The van der Waals surface area contributed by atoms with E-state index in [1.165, 1.54) is 0 Å². The van der Waals surface area contributed by atoms with Gasteiger partial charge in [-0.05, 0) is 24.3 Å². The molecule has 5 heteroatoms. The number of hydrogen-bond acceptors (Lipinski definition) is 5. The Hall–Kier alpha value is -1.88. The van der Waals surface area contributed by atoms with Gasteiger partial charge in [0, 0.05) is 18.8 Å². The van der Waals surface area contributed by atoms with Crippen molar-refractivity contribution in [3.8, 4) is 0 Å². The van der Waals surface area contributed by atoms with Gasteiger partial charge in [-0.2, -0.15) is 20.4 Å². The summed E-state index contributed by atoms with van der Waals surface area (Å²) >= 11 is 0. The molecule has 5 nitrogen and oxygen atoms in total. The average molecular weight is 202 g/mol. The molecule has 0 spiro atoms. The summed E-state index contributed by atoms with van der Waals surface area (Å²) in [6.07, 6.45) is 2.87. The summed E-state index contributed by atoms with van der Waals surface area (Å²) in [6.45, 7) is 0. The standard InChI is InChI=1S/C10H10N4O/c15-10(9-4-2-6-12-14-9)7-8-3-1-5-11-13-8/h1-6,10,15H,7H2. The van der Waals surface area contributed by atoms with Crippen LogP contribution in [0.15, 0.2) is 36.7 Å². The quantitative estimate of drug-likeness (QED) is 0.786. The molecule has 0 aromatic carbocycles. The van der Waals surface area contributed by atoms with E-state index in [0.29, 0.717) is 12.1 Å². The third kappa shape index (κ3) is 2.54. The summed E-state index contributed by atoms with van der Waals surface area (Å²) in [5.74, 6) is 0. The number of rotatable bonds is 3. The monoisotopic (exact) mass is 202 g/mol. The van der Waals surface area contributed by atoms with E-state index in [9.17, 15) is 5.11 Å². The molecule has 0 saturated carbocycles. The van der Waals surface area contributed by atoms with Crippen LogP contribution in [0, 0.1) is 0 Å². The van der Waals surface area contributed by atoms with Gasteiger partial charge in [0.15, 0.2) is 0 Å². The fraction of sp³-hybridized carbons (Fsp3) is 0.200. The van der Waals surface area contributed by atoms with Crippen LogP contribution >= 0.6 is 0 Å². The molecule has 1 unspecified atom stereocenters. The first kappa shape index (κ1) is 9.67. The SMILES string of the molecule is OC(Cc1cccnn1)c1cccnn1. The van der Waals surface area contributed by atoms with Crippen molar-refractivity contribution in [2.24, 2.45) is 0 Å². The molecule has 1 atom stereocenters. The van der Waals surface area contributed by atoms with E-state index in [1.54, 1.807) is 30.6 Å². The first-order valence-electron chi connectivity index (χ1n) is 4.58. The number of aliphatic hydroxyl groups excluding tert-OH is 1. The molecule has 0 fully saturated rings. The summed E-state index contributed by atoms with van der Waals surface area (Å²) in [5, 5.41) is 25.0. The molecule has 15 heavy (non-hydrogen) atoms. The van der Waals surface area contributed by atoms with Gasteiger partial charge in [-0.25, -0.2) is 0 Å². The zero-order valence-electron chi connectivity index (χ0n) is 7.98. The van der Waals surface area contributed by atoms with Crippen LogP contribution < -0.4 is 0 Å².